The molecule has 1 aliphatic heterocycles. The number of nitro groups is 1. The van der Waals surface area contributed by atoms with Crippen LogP contribution >= 0.6 is 11.3 Å². The maximum absolute atomic E-state index is 13.4. The summed E-state index contributed by atoms with van der Waals surface area (Å²) in [6, 6.07) is 4.86. The average molecular weight is 430 g/mol. The van der Waals surface area contributed by atoms with Crippen molar-refractivity contribution in [3.8, 4) is 0 Å². The summed E-state index contributed by atoms with van der Waals surface area (Å²) in [7, 11) is 3.68. The van der Waals surface area contributed by atoms with Gasteiger partial charge in [-0.15, -0.1) is 11.3 Å². The van der Waals surface area contributed by atoms with E-state index < -0.39 is 28.4 Å². The van der Waals surface area contributed by atoms with E-state index in [0.29, 0.717) is 27.7 Å². The summed E-state index contributed by atoms with van der Waals surface area (Å²) in [5.41, 5.74) is 0.670. The summed E-state index contributed by atoms with van der Waals surface area (Å²) in [5.74, 6) is -1.79. The number of rotatable bonds is 7. The van der Waals surface area contributed by atoms with E-state index in [1.807, 2.05) is 19.0 Å². The number of carbonyl (C=O) groups excluding carboxylic acids is 2. The molecule has 0 aliphatic carbocycles. The second kappa shape index (κ2) is 8.33. The van der Waals surface area contributed by atoms with Gasteiger partial charge in [0.1, 0.15) is 0 Å². The molecule has 158 valence electrons. The minimum Gasteiger partial charge on any atom is -0.503 e. The van der Waals surface area contributed by atoms with Crippen molar-refractivity contribution in [2.24, 2.45) is 0 Å². The second-order valence-electron chi connectivity index (χ2n) is 7.30. The molecule has 1 aromatic carbocycles. The minimum atomic E-state index is -0.924. The number of hydrogen-bond acceptors (Lipinski definition) is 8. The van der Waals surface area contributed by atoms with Gasteiger partial charge in [-0.25, -0.2) is 4.98 Å². The Bertz CT molecular complexity index is 1060. The highest BCUT2D eigenvalue weighted by atomic mass is 32.1. The van der Waals surface area contributed by atoms with Crippen molar-refractivity contribution < 1.29 is 19.6 Å². The Morgan fingerprint density at radius 3 is 2.63 bits per heavy atom. The molecule has 0 radical (unpaired) electrons. The minimum absolute atomic E-state index is 0.0778. The van der Waals surface area contributed by atoms with Crippen molar-refractivity contribution in [2.45, 2.75) is 19.9 Å². The van der Waals surface area contributed by atoms with Crippen LogP contribution in [0.1, 0.15) is 32.0 Å². The smallest absolute Gasteiger partial charge is 0.290 e. The predicted molar refractivity (Wildman–Crippen MR) is 112 cm³/mol. The van der Waals surface area contributed by atoms with Gasteiger partial charge in [-0.3, -0.25) is 19.7 Å². The molecule has 10 heteroatoms. The number of aliphatic hydroxyl groups excluding tert-OH is 1. The van der Waals surface area contributed by atoms with Crippen molar-refractivity contribution in [2.75, 3.05) is 27.2 Å². The van der Waals surface area contributed by atoms with Gasteiger partial charge in [-0.1, -0.05) is 12.1 Å². The molecule has 1 aromatic heterocycles. The topological polar surface area (TPSA) is 117 Å². The zero-order valence-electron chi connectivity index (χ0n) is 17.1. The summed E-state index contributed by atoms with van der Waals surface area (Å²) in [4.78, 5) is 44.8. The molecule has 0 fully saturated rings. The molecule has 9 nitrogen and oxygen atoms in total. The highest BCUT2D eigenvalue weighted by molar-refractivity contribution is 7.14. The Labute approximate surface area is 177 Å². The first kappa shape index (κ1) is 21.6. The third-order valence-corrected chi connectivity index (χ3v) is 5.91. The molecule has 0 bridgehead atoms. The van der Waals surface area contributed by atoms with Gasteiger partial charge in [0.25, 0.3) is 11.6 Å². The van der Waals surface area contributed by atoms with Crippen LogP contribution in [0.25, 0.3) is 0 Å². The zero-order chi connectivity index (χ0) is 22.2. The fraction of sp³-hybridized carbons (Fsp3) is 0.350. The van der Waals surface area contributed by atoms with Crippen molar-refractivity contribution in [1.82, 2.24) is 14.8 Å². The number of ketones is 1. The number of likely N-dealkylation sites (N-methyl/N-ethyl adjacent to an activating group) is 1. The van der Waals surface area contributed by atoms with E-state index in [-0.39, 0.29) is 17.8 Å². The maximum Gasteiger partial charge on any atom is 0.290 e. The molecule has 3 rings (SSSR count). The van der Waals surface area contributed by atoms with Gasteiger partial charge >= 0.3 is 0 Å². The molecule has 1 N–H and O–H groups in total. The SMILES string of the molecule is Cc1nc(C)c(C(=O)C2=C(O)C(=O)N(CCN(C)C)[C@@H]2c2cccc([N+](=O)[O-])c2)s1. The number of nitrogens with zero attached hydrogens (tertiary/aromatic N) is 4. The van der Waals surface area contributed by atoms with Crippen LogP contribution in [0.4, 0.5) is 5.69 Å². The standard InChI is InChI=1S/C20H22N4O5S/c1-11-19(30-12(2)21-11)17(25)15-16(13-6-5-7-14(10-13)24(28)29)23(9-8-22(3)4)20(27)18(15)26/h5-7,10,16,26H,8-9H2,1-4H3/t16-/m1/s1. The summed E-state index contributed by atoms with van der Waals surface area (Å²) in [6.07, 6.45) is 0. The van der Waals surface area contributed by atoms with E-state index in [4.69, 9.17) is 0 Å². The number of thiazole rings is 1. The summed E-state index contributed by atoms with van der Waals surface area (Å²) >= 11 is 1.19. The van der Waals surface area contributed by atoms with E-state index >= 15 is 0 Å². The van der Waals surface area contributed by atoms with E-state index in [1.54, 1.807) is 19.9 Å². The molecule has 1 amide bonds. The van der Waals surface area contributed by atoms with Crippen LogP contribution < -0.4 is 0 Å². The number of non-ortho nitro benzene ring substituents is 1. The Morgan fingerprint density at radius 1 is 1.37 bits per heavy atom. The average Bonchev–Trinajstić information content (AvgIpc) is 3.15. The molecule has 0 unspecified atom stereocenters. The van der Waals surface area contributed by atoms with Gasteiger partial charge in [0, 0.05) is 25.2 Å². The fourth-order valence-corrected chi connectivity index (χ4v) is 4.32. The monoisotopic (exact) mass is 430 g/mol. The van der Waals surface area contributed by atoms with Crippen LogP contribution in [-0.2, 0) is 4.79 Å². The van der Waals surface area contributed by atoms with Gasteiger partial charge < -0.3 is 14.9 Å². The van der Waals surface area contributed by atoms with E-state index in [0.717, 1.165) is 0 Å². The number of aliphatic hydroxyl groups is 1. The van der Waals surface area contributed by atoms with Crippen molar-refractivity contribution in [3.63, 3.8) is 0 Å². The van der Waals surface area contributed by atoms with Crippen LogP contribution in [0, 0.1) is 24.0 Å². The zero-order valence-corrected chi connectivity index (χ0v) is 17.9. The fourth-order valence-electron chi connectivity index (χ4n) is 3.44. The van der Waals surface area contributed by atoms with Crippen LogP contribution in [0.5, 0.6) is 0 Å². The number of carbonyl (C=O) groups is 2. The molecule has 1 atom stereocenters. The Kier molecular flexibility index (Phi) is 5.99. The molecule has 1 aliphatic rings. The van der Waals surface area contributed by atoms with Gasteiger partial charge in [0.15, 0.2) is 5.76 Å². The first-order valence-corrected chi connectivity index (χ1v) is 10.0. The van der Waals surface area contributed by atoms with Crippen LogP contribution in [0.15, 0.2) is 35.6 Å². The number of hydrogen-bond donors (Lipinski definition) is 1. The number of aryl methyl sites for hydroxylation is 2. The second-order valence-corrected chi connectivity index (χ2v) is 8.50. The highest BCUT2D eigenvalue weighted by Crippen LogP contribution is 2.40. The number of nitro benzene ring substituents is 1. The highest BCUT2D eigenvalue weighted by Gasteiger charge is 2.44. The normalized spacial score (nSPS) is 16.6. The van der Waals surface area contributed by atoms with Crippen molar-refractivity contribution in [1.29, 1.82) is 0 Å². The van der Waals surface area contributed by atoms with E-state index in [1.165, 1.54) is 34.4 Å². The predicted octanol–water partition coefficient (Wildman–Crippen LogP) is 2.81. The lowest BCUT2D eigenvalue weighted by Crippen LogP contribution is -2.36. The Hall–Kier alpha value is -3.11. The van der Waals surface area contributed by atoms with E-state index in [9.17, 15) is 24.8 Å². The van der Waals surface area contributed by atoms with Crippen LogP contribution in [0.3, 0.4) is 0 Å². The molecule has 30 heavy (non-hydrogen) atoms. The first-order valence-electron chi connectivity index (χ1n) is 9.23. The molecule has 0 saturated heterocycles. The maximum atomic E-state index is 13.4. The summed E-state index contributed by atoms with van der Waals surface area (Å²) in [6.45, 7) is 4.19. The lowest BCUT2D eigenvalue weighted by Gasteiger charge is -2.27. The van der Waals surface area contributed by atoms with Gasteiger partial charge in [-0.2, -0.15) is 0 Å². The molecule has 2 heterocycles. The Morgan fingerprint density at radius 2 is 2.07 bits per heavy atom. The molecular weight excluding hydrogens is 408 g/mol. The summed E-state index contributed by atoms with van der Waals surface area (Å²) in [5, 5.41) is 22.6. The van der Waals surface area contributed by atoms with Crippen molar-refractivity contribution in [3.05, 3.63) is 66.9 Å². The third kappa shape index (κ3) is 3.96. The number of Topliss-reactive ketones (excluding diaryl/α,β-unsaturated/α-hetero) is 1. The van der Waals surface area contributed by atoms with Crippen LogP contribution in [0.2, 0.25) is 0 Å². The Balaban J connectivity index is 2.13. The number of aromatic nitrogens is 1. The first-order chi connectivity index (χ1) is 14.1. The molecular formula is C20H22N4O5S. The lowest BCUT2D eigenvalue weighted by molar-refractivity contribution is -0.384. The lowest BCUT2D eigenvalue weighted by atomic mass is 9.94. The van der Waals surface area contributed by atoms with Gasteiger partial charge in [0.05, 0.1) is 32.1 Å². The van der Waals surface area contributed by atoms with Crippen molar-refractivity contribution >= 4 is 28.7 Å². The number of amides is 1. The van der Waals surface area contributed by atoms with Gasteiger partial charge in [-0.05, 0) is 33.5 Å². The summed E-state index contributed by atoms with van der Waals surface area (Å²) < 4.78 is 0. The molecule has 0 spiro atoms. The van der Waals surface area contributed by atoms with Gasteiger partial charge in [0.2, 0.25) is 5.78 Å². The molecule has 2 aromatic rings. The number of benzene rings is 1. The van der Waals surface area contributed by atoms with Crippen LogP contribution in [-0.4, -0.2) is 63.7 Å². The quantitative estimate of drug-likeness (QED) is 0.408. The largest absolute Gasteiger partial charge is 0.503 e. The molecule has 0 saturated carbocycles. The third-order valence-electron chi connectivity index (χ3n) is 4.84. The van der Waals surface area contributed by atoms with E-state index in [2.05, 4.69) is 4.98 Å².